The minimum atomic E-state index is -0.216. The fraction of sp³-hybridized carbons (Fsp3) is 0.364. The second kappa shape index (κ2) is 5.76. The Bertz CT molecular complexity index is 680. The van der Waals surface area contributed by atoms with E-state index in [9.17, 15) is 4.79 Å². The normalized spacial score (nSPS) is 11.0. The molecule has 0 bridgehead atoms. The third-order valence-corrected chi connectivity index (χ3v) is 5.09. The summed E-state index contributed by atoms with van der Waals surface area (Å²) in [6.07, 6.45) is 1.57. The second-order valence-corrected chi connectivity index (χ2v) is 5.96. The van der Waals surface area contributed by atoms with Crippen molar-refractivity contribution in [2.24, 2.45) is 0 Å². The number of hydrogen-bond donors (Lipinski definition) is 0. The van der Waals surface area contributed by atoms with Crippen LogP contribution in [0.4, 0.5) is 0 Å². The molecule has 0 aliphatic carbocycles. The van der Waals surface area contributed by atoms with Crippen LogP contribution in [0.2, 0.25) is 5.02 Å². The van der Waals surface area contributed by atoms with Gasteiger partial charge in [0.05, 0.1) is 33.6 Å². The lowest BCUT2D eigenvalue weighted by Crippen LogP contribution is -2.25. The van der Waals surface area contributed by atoms with Gasteiger partial charge in [0.25, 0.3) is 5.56 Å². The molecular weight excluding hydrogens is 399 g/mol. The predicted octanol–water partition coefficient (Wildman–Crippen LogP) is 2.99. The highest BCUT2D eigenvalue weighted by Gasteiger charge is 2.15. The number of nitrogens with zero attached hydrogens (tertiary/aromatic N) is 4. The molecule has 0 unspecified atom stereocenters. The third kappa shape index (κ3) is 2.78. The Labute approximate surface area is 131 Å². The lowest BCUT2D eigenvalue weighted by molar-refractivity contribution is 0.557. The SMILES string of the molecule is CCn1nc(C)c(Cl)c1Cn1ncc(Br)c(Br)c1=O. The van der Waals surface area contributed by atoms with Gasteiger partial charge in [0, 0.05) is 6.54 Å². The average Bonchev–Trinajstić information content (AvgIpc) is 2.66. The summed E-state index contributed by atoms with van der Waals surface area (Å²) < 4.78 is 4.20. The van der Waals surface area contributed by atoms with Crippen LogP contribution < -0.4 is 5.56 Å². The number of rotatable bonds is 3. The minimum absolute atomic E-state index is 0.216. The lowest BCUT2D eigenvalue weighted by Gasteiger charge is -2.08. The molecule has 0 aliphatic rings. The standard InChI is InChI=1S/C11H11Br2ClN4O/c1-3-17-8(10(14)6(2)16-17)5-18-11(19)9(13)7(12)4-15-18/h4H,3,5H2,1-2H3. The van der Waals surface area contributed by atoms with E-state index in [1.807, 2.05) is 13.8 Å². The van der Waals surface area contributed by atoms with E-state index in [0.717, 1.165) is 11.4 Å². The van der Waals surface area contributed by atoms with Crippen LogP contribution >= 0.6 is 43.5 Å². The Morgan fingerprint density at radius 1 is 1.37 bits per heavy atom. The first kappa shape index (κ1) is 14.7. The zero-order valence-corrected chi connectivity index (χ0v) is 14.3. The molecule has 2 aromatic heterocycles. The summed E-state index contributed by atoms with van der Waals surface area (Å²) in [5.74, 6) is 0. The minimum Gasteiger partial charge on any atom is -0.266 e. The van der Waals surface area contributed by atoms with Gasteiger partial charge in [-0.15, -0.1) is 0 Å². The van der Waals surface area contributed by atoms with Crippen LogP contribution in [0, 0.1) is 6.92 Å². The molecule has 2 rings (SSSR count). The molecule has 0 atom stereocenters. The van der Waals surface area contributed by atoms with Crippen molar-refractivity contribution in [3.8, 4) is 0 Å². The lowest BCUT2D eigenvalue weighted by atomic mass is 10.3. The zero-order valence-electron chi connectivity index (χ0n) is 10.3. The first-order valence-electron chi connectivity index (χ1n) is 5.58. The van der Waals surface area contributed by atoms with Crippen molar-refractivity contribution in [2.75, 3.05) is 0 Å². The van der Waals surface area contributed by atoms with Gasteiger partial charge < -0.3 is 0 Å². The quantitative estimate of drug-likeness (QED) is 0.782. The highest BCUT2D eigenvalue weighted by Crippen LogP contribution is 2.21. The van der Waals surface area contributed by atoms with Crippen molar-refractivity contribution in [1.29, 1.82) is 0 Å². The van der Waals surface area contributed by atoms with E-state index in [-0.39, 0.29) is 12.1 Å². The average molecular weight is 410 g/mol. The Balaban J connectivity index is 2.48. The maximum absolute atomic E-state index is 12.1. The van der Waals surface area contributed by atoms with Crippen LogP contribution in [0.25, 0.3) is 0 Å². The summed E-state index contributed by atoms with van der Waals surface area (Å²) in [6.45, 7) is 4.79. The Morgan fingerprint density at radius 2 is 2.05 bits per heavy atom. The Kier molecular flexibility index (Phi) is 4.47. The van der Waals surface area contributed by atoms with E-state index < -0.39 is 0 Å². The third-order valence-electron chi connectivity index (χ3n) is 2.69. The van der Waals surface area contributed by atoms with Crippen molar-refractivity contribution >= 4 is 43.5 Å². The molecule has 2 heterocycles. The predicted molar refractivity (Wildman–Crippen MR) is 80.6 cm³/mol. The molecule has 102 valence electrons. The summed E-state index contributed by atoms with van der Waals surface area (Å²) in [5, 5.41) is 8.98. The van der Waals surface area contributed by atoms with Crippen molar-refractivity contribution in [3.63, 3.8) is 0 Å². The highest BCUT2D eigenvalue weighted by molar-refractivity contribution is 9.13. The van der Waals surface area contributed by atoms with E-state index in [1.54, 1.807) is 10.9 Å². The molecule has 0 saturated heterocycles. The van der Waals surface area contributed by atoms with Crippen LogP contribution in [0.5, 0.6) is 0 Å². The van der Waals surface area contributed by atoms with Crippen LogP contribution in [-0.4, -0.2) is 19.6 Å². The van der Waals surface area contributed by atoms with Gasteiger partial charge in [0.15, 0.2) is 0 Å². The zero-order chi connectivity index (χ0) is 14.2. The summed E-state index contributed by atoms with van der Waals surface area (Å²) in [7, 11) is 0. The van der Waals surface area contributed by atoms with Crippen molar-refractivity contribution < 1.29 is 0 Å². The van der Waals surface area contributed by atoms with Crippen LogP contribution in [0.3, 0.4) is 0 Å². The van der Waals surface area contributed by atoms with Crippen LogP contribution in [0.15, 0.2) is 19.9 Å². The molecule has 2 aromatic rings. The van der Waals surface area contributed by atoms with Crippen LogP contribution in [-0.2, 0) is 13.1 Å². The van der Waals surface area contributed by atoms with Crippen molar-refractivity contribution in [1.82, 2.24) is 19.6 Å². The number of aromatic nitrogens is 4. The van der Waals surface area contributed by atoms with Gasteiger partial charge in [0.1, 0.15) is 4.47 Å². The number of halogens is 3. The van der Waals surface area contributed by atoms with Gasteiger partial charge in [-0.3, -0.25) is 9.48 Å². The van der Waals surface area contributed by atoms with Gasteiger partial charge in [-0.25, -0.2) is 4.68 Å². The van der Waals surface area contributed by atoms with E-state index in [2.05, 4.69) is 42.1 Å². The Hall–Kier alpha value is -0.660. The summed E-state index contributed by atoms with van der Waals surface area (Å²) in [5.41, 5.74) is 1.32. The molecule has 0 radical (unpaired) electrons. The summed E-state index contributed by atoms with van der Waals surface area (Å²) in [6, 6.07) is 0. The van der Waals surface area contributed by atoms with Gasteiger partial charge in [-0.05, 0) is 45.7 Å². The number of aryl methyl sites for hydroxylation is 2. The van der Waals surface area contributed by atoms with Crippen LogP contribution in [0.1, 0.15) is 18.3 Å². The monoisotopic (exact) mass is 408 g/mol. The van der Waals surface area contributed by atoms with E-state index in [1.165, 1.54) is 4.68 Å². The fourth-order valence-corrected chi connectivity index (χ4v) is 2.48. The molecule has 0 N–H and O–H groups in total. The highest BCUT2D eigenvalue weighted by atomic mass is 79.9. The molecule has 0 spiro atoms. The van der Waals surface area contributed by atoms with E-state index >= 15 is 0 Å². The van der Waals surface area contributed by atoms with E-state index in [0.29, 0.717) is 20.5 Å². The molecule has 0 fully saturated rings. The molecule has 0 saturated carbocycles. The van der Waals surface area contributed by atoms with Gasteiger partial charge in [0.2, 0.25) is 0 Å². The second-order valence-electron chi connectivity index (χ2n) is 3.93. The van der Waals surface area contributed by atoms with Crippen molar-refractivity contribution in [3.05, 3.63) is 41.9 Å². The smallest absolute Gasteiger partial charge is 0.266 e. The van der Waals surface area contributed by atoms with Crippen molar-refractivity contribution in [2.45, 2.75) is 26.9 Å². The topological polar surface area (TPSA) is 52.7 Å². The largest absolute Gasteiger partial charge is 0.282 e. The summed E-state index contributed by atoms with van der Waals surface area (Å²) in [4.78, 5) is 12.1. The summed E-state index contributed by atoms with van der Waals surface area (Å²) >= 11 is 12.7. The number of hydrogen-bond acceptors (Lipinski definition) is 3. The molecule has 0 aromatic carbocycles. The maximum Gasteiger partial charge on any atom is 0.282 e. The molecule has 0 aliphatic heterocycles. The molecule has 0 amide bonds. The first-order chi connectivity index (χ1) is 8.95. The van der Waals surface area contributed by atoms with Gasteiger partial charge in [-0.1, -0.05) is 11.6 Å². The Morgan fingerprint density at radius 3 is 2.68 bits per heavy atom. The van der Waals surface area contributed by atoms with Gasteiger partial charge in [-0.2, -0.15) is 10.2 Å². The molecule has 8 heteroatoms. The fourth-order valence-electron chi connectivity index (χ4n) is 1.72. The maximum atomic E-state index is 12.1. The van der Waals surface area contributed by atoms with E-state index in [4.69, 9.17) is 11.6 Å². The van der Waals surface area contributed by atoms with Gasteiger partial charge >= 0.3 is 0 Å². The molecular formula is C11H11Br2ClN4O. The first-order valence-corrected chi connectivity index (χ1v) is 7.55. The molecule has 19 heavy (non-hydrogen) atoms. The molecule has 5 nitrogen and oxygen atoms in total.